The Kier molecular flexibility index (Phi) is 4.55. The summed E-state index contributed by atoms with van der Waals surface area (Å²) in [5, 5.41) is 6.73. The lowest BCUT2D eigenvalue weighted by atomic mass is 10.2. The summed E-state index contributed by atoms with van der Waals surface area (Å²) in [4.78, 5) is 0. The number of nitrogens with one attached hydrogen (secondary N) is 2. The van der Waals surface area contributed by atoms with E-state index in [0.29, 0.717) is 0 Å². The average Bonchev–Trinajstić information content (AvgIpc) is 2.50. The summed E-state index contributed by atoms with van der Waals surface area (Å²) in [6.45, 7) is 2.32. The van der Waals surface area contributed by atoms with Gasteiger partial charge in [-0.2, -0.15) is 0 Å². The van der Waals surface area contributed by atoms with Crippen molar-refractivity contribution in [3.05, 3.63) is 0 Å². The maximum atomic E-state index is 3.58. The zero-order valence-corrected chi connectivity index (χ0v) is 7.53. The summed E-state index contributed by atoms with van der Waals surface area (Å²) in [5.41, 5.74) is 0. The summed E-state index contributed by atoms with van der Waals surface area (Å²) < 4.78 is 0. The van der Waals surface area contributed by atoms with Crippen molar-refractivity contribution in [1.29, 1.82) is 0 Å². The molecule has 0 heterocycles. The van der Waals surface area contributed by atoms with Crippen LogP contribution in [0.25, 0.3) is 0 Å². The fraction of sp³-hybridized carbons (Fsp3) is 1.00. The first-order valence-corrected chi connectivity index (χ1v) is 4.81. The molecule has 0 amide bonds. The van der Waals surface area contributed by atoms with Crippen molar-refractivity contribution in [2.75, 3.05) is 20.1 Å². The molecule has 0 radical (unpaired) electrons. The van der Waals surface area contributed by atoms with Crippen molar-refractivity contribution in [3.8, 4) is 0 Å². The Hall–Kier alpha value is -0.0800. The van der Waals surface area contributed by atoms with Crippen LogP contribution < -0.4 is 10.6 Å². The maximum absolute atomic E-state index is 3.58. The van der Waals surface area contributed by atoms with Gasteiger partial charge in [-0.15, -0.1) is 0 Å². The molecule has 1 saturated carbocycles. The first kappa shape index (κ1) is 9.01. The van der Waals surface area contributed by atoms with Crippen LogP contribution in [0, 0.1) is 0 Å². The zero-order chi connectivity index (χ0) is 7.94. The normalized spacial score (nSPS) is 19.4. The van der Waals surface area contributed by atoms with E-state index in [-0.39, 0.29) is 0 Å². The molecule has 11 heavy (non-hydrogen) atoms. The van der Waals surface area contributed by atoms with Gasteiger partial charge in [-0.1, -0.05) is 12.8 Å². The van der Waals surface area contributed by atoms with Gasteiger partial charge in [-0.3, -0.25) is 0 Å². The van der Waals surface area contributed by atoms with Gasteiger partial charge < -0.3 is 10.6 Å². The second kappa shape index (κ2) is 5.56. The molecule has 2 heteroatoms. The summed E-state index contributed by atoms with van der Waals surface area (Å²) in [6.07, 6.45) is 6.93. The molecular weight excluding hydrogens is 136 g/mol. The highest BCUT2D eigenvalue weighted by atomic mass is 14.9. The molecular formula is C9H20N2. The molecule has 1 aliphatic rings. The molecule has 0 saturated heterocycles. The predicted octanol–water partition coefficient (Wildman–Crippen LogP) is 1.13. The van der Waals surface area contributed by atoms with Crippen LogP contribution in [-0.4, -0.2) is 26.2 Å². The smallest absolute Gasteiger partial charge is 0.00670 e. The Bertz CT molecular complexity index is 87.6. The minimum Gasteiger partial charge on any atom is -0.320 e. The lowest BCUT2D eigenvalue weighted by Crippen LogP contribution is -2.28. The highest BCUT2D eigenvalue weighted by Gasteiger charge is 2.12. The van der Waals surface area contributed by atoms with Crippen LogP contribution >= 0.6 is 0 Å². The number of hydrogen-bond acceptors (Lipinski definition) is 2. The molecule has 2 nitrogen and oxygen atoms in total. The topological polar surface area (TPSA) is 24.1 Å². The van der Waals surface area contributed by atoms with Gasteiger partial charge in [0.25, 0.3) is 0 Å². The third kappa shape index (κ3) is 3.73. The molecule has 0 aromatic heterocycles. The van der Waals surface area contributed by atoms with Crippen LogP contribution in [0.3, 0.4) is 0 Å². The highest BCUT2D eigenvalue weighted by Crippen LogP contribution is 2.17. The molecule has 1 fully saturated rings. The fourth-order valence-corrected chi connectivity index (χ4v) is 1.70. The van der Waals surface area contributed by atoms with Gasteiger partial charge in [0.2, 0.25) is 0 Å². The van der Waals surface area contributed by atoms with Gasteiger partial charge in [0.05, 0.1) is 0 Å². The number of hydrogen-bond donors (Lipinski definition) is 2. The largest absolute Gasteiger partial charge is 0.320 e. The van der Waals surface area contributed by atoms with Crippen molar-refractivity contribution < 1.29 is 0 Å². The van der Waals surface area contributed by atoms with Gasteiger partial charge >= 0.3 is 0 Å². The first-order valence-electron chi connectivity index (χ1n) is 4.81. The van der Waals surface area contributed by atoms with Gasteiger partial charge in [-0.05, 0) is 39.4 Å². The summed E-state index contributed by atoms with van der Waals surface area (Å²) in [7, 11) is 2.01. The zero-order valence-electron chi connectivity index (χ0n) is 7.53. The Labute approximate surface area is 69.8 Å². The summed E-state index contributed by atoms with van der Waals surface area (Å²) >= 11 is 0. The Balaban J connectivity index is 1.86. The molecule has 66 valence electrons. The lowest BCUT2D eigenvalue weighted by Gasteiger charge is -2.10. The van der Waals surface area contributed by atoms with Gasteiger partial charge in [0.1, 0.15) is 0 Å². The van der Waals surface area contributed by atoms with Crippen LogP contribution in [0.15, 0.2) is 0 Å². The van der Waals surface area contributed by atoms with Crippen molar-refractivity contribution in [3.63, 3.8) is 0 Å². The molecule has 0 aromatic rings. The van der Waals surface area contributed by atoms with E-state index >= 15 is 0 Å². The van der Waals surface area contributed by atoms with Crippen LogP contribution in [0.1, 0.15) is 32.1 Å². The van der Waals surface area contributed by atoms with Gasteiger partial charge in [0.15, 0.2) is 0 Å². The monoisotopic (exact) mass is 156 g/mol. The van der Waals surface area contributed by atoms with Gasteiger partial charge in [0, 0.05) is 6.04 Å². The molecule has 0 unspecified atom stereocenters. The molecule has 0 aromatic carbocycles. The molecule has 2 N–H and O–H groups in total. The van der Waals surface area contributed by atoms with E-state index in [1.165, 1.54) is 38.6 Å². The van der Waals surface area contributed by atoms with E-state index in [1.54, 1.807) is 0 Å². The third-order valence-corrected chi connectivity index (χ3v) is 2.39. The molecule has 1 rings (SSSR count). The Morgan fingerprint density at radius 3 is 2.55 bits per heavy atom. The predicted molar refractivity (Wildman–Crippen MR) is 48.8 cm³/mol. The van der Waals surface area contributed by atoms with E-state index in [9.17, 15) is 0 Å². The fourth-order valence-electron chi connectivity index (χ4n) is 1.70. The van der Waals surface area contributed by atoms with Crippen molar-refractivity contribution in [2.24, 2.45) is 0 Å². The first-order chi connectivity index (χ1) is 5.43. The summed E-state index contributed by atoms with van der Waals surface area (Å²) in [5.74, 6) is 0. The lowest BCUT2D eigenvalue weighted by molar-refractivity contribution is 0.510. The minimum absolute atomic E-state index is 0.840. The van der Waals surface area contributed by atoms with Crippen LogP contribution in [0.2, 0.25) is 0 Å². The van der Waals surface area contributed by atoms with Crippen LogP contribution in [0.5, 0.6) is 0 Å². The quantitative estimate of drug-likeness (QED) is 0.583. The minimum atomic E-state index is 0.840. The summed E-state index contributed by atoms with van der Waals surface area (Å²) in [6, 6.07) is 0.840. The Morgan fingerprint density at radius 1 is 1.18 bits per heavy atom. The molecule has 0 spiro atoms. The van der Waals surface area contributed by atoms with E-state index in [2.05, 4.69) is 10.6 Å². The van der Waals surface area contributed by atoms with Crippen LogP contribution in [-0.2, 0) is 0 Å². The third-order valence-electron chi connectivity index (χ3n) is 2.39. The second-order valence-corrected chi connectivity index (χ2v) is 3.39. The van der Waals surface area contributed by atoms with Crippen molar-refractivity contribution >= 4 is 0 Å². The molecule has 0 aliphatic heterocycles. The number of rotatable bonds is 5. The van der Waals surface area contributed by atoms with E-state index in [1.807, 2.05) is 7.05 Å². The average molecular weight is 156 g/mol. The van der Waals surface area contributed by atoms with Crippen molar-refractivity contribution in [1.82, 2.24) is 10.6 Å². The van der Waals surface area contributed by atoms with E-state index in [4.69, 9.17) is 0 Å². The van der Waals surface area contributed by atoms with E-state index in [0.717, 1.165) is 12.6 Å². The highest BCUT2D eigenvalue weighted by molar-refractivity contribution is 4.73. The second-order valence-electron chi connectivity index (χ2n) is 3.39. The van der Waals surface area contributed by atoms with E-state index < -0.39 is 0 Å². The standard InChI is InChI=1S/C9H20N2/c1-10-7-4-8-11-9-5-2-3-6-9/h9-11H,2-8H2,1H3. The van der Waals surface area contributed by atoms with Crippen molar-refractivity contribution in [2.45, 2.75) is 38.1 Å². The SMILES string of the molecule is CNCCCNC1CCCC1. The maximum Gasteiger partial charge on any atom is 0.00670 e. The molecule has 1 aliphatic carbocycles. The molecule has 0 bridgehead atoms. The molecule has 0 atom stereocenters. The van der Waals surface area contributed by atoms with Gasteiger partial charge in [-0.25, -0.2) is 0 Å². The Morgan fingerprint density at radius 2 is 1.91 bits per heavy atom. The van der Waals surface area contributed by atoms with Crippen LogP contribution in [0.4, 0.5) is 0 Å².